The maximum Gasteiger partial charge on any atom is 0.264 e. The molecule has 0 aromatic carbocycles. The predicted octanol–water partition coefficient (Wildman–Crippen LogP) is 0.927. The first-order chi connectivity index (χ1) is 12.8. The van der Waals surface area contributed by atoms with Gasteiger partial charge < -0.3 is 20.0 Å². The van der Waals surface area contributed by atoms with E-state index in [0.717, 1.165) is 17.8 Å². The molecule has 146 valence electrons. The molecule has 7 nitrogen and oxygen atoms in total. The van der Waals surface area contributed by atoms with E-state index in [0.29, 0.717) is 24.5 Å². The van der Waals surface area contributed by atoms with Gasteiger partial charge in [-0.2, -0.15) is 0 Å². The van der Waals surface area contributed by atoms with Crippen LogP contribution in [-0.4, -0.2) is 78.2 Å². The second kappa shape index (κ2) is 8.22. The Labute approximate surface area is 163 Å². The smallest absolute Gasteiger partial charge is 0.264 e. The van der Waals surface area contributed by atoms with Gasteiger partial charge in [0.05, 0.1) is 23.5 Å². The molecule has 0 radical (unpaired) electrons. The Bertz CT molecular complexity index is 746. The van der Waals surface area contributed by atoms with Gasteiger partial charge >= 0.3 is 0 Å². The zero-order chi connectivity index (χ0) is 19.6. The van der Waals surface area contributed by atoms with E-state index in [-0.39, 0.29) is 29.8 Å². The van der Waals surface area contributed by atoms with E-state index in [9.17, 15) is 14.4 Å². The summed E-state index contributed by atoms with van der Waals surface area (Å²) in [6.45, 7) is 3.82. The average Bonchev–Trinajstić information content (AvgIpc) is 3.08. The summed E-state index contributed by atoms with van der Waals surface area (Å²) in [5.74, 6) is -0.0327. The van der Waals surface area contributed by atoms with E-state index < -0.39 is 0 Å². The molecule has 1 aromatic rings. The summed E-state index contributed by atoms with van der Waals surface area (Å²) < 4.78 is 0. The number of hydrogen-bond donors (Lipinski definition) is 1. The third-order valence-electron chi connectivity index (χ3n) is 4.85. The number of nitrogens with zero attached hydrogens (tertiary/aromatic N) is 3. The monoisotopic (exact) mass is 390 g/mol. The van der Waals surface area contributed by atoms with Gasteiger partial charge in [0.2, 0.25) is 11.8 Å². The molecule has 3 amide bonds. The first kappa shape index (κ1) is 19.6. The minimum Gasteiger partial charge on any atom is -0.351 e. The number of carbonyl (C=O) groups excluding carboxylic acids is 3. The molecule has 3 aliphatic heterocycles. The van der Waals surface area contributed by atoms with Crippen molar-refractivity contribution in [2.24, 2.45) is 0 Å². The van der Waals surface area contributed by atoms with E-state index in [1.807, 2.05) is 47.0 Å². The fraction of sp³-hybridized carbons (Fsp3) is 0.526. The van der Waals surface area contributed by atoms with Crippen molar-refractivity contribution in [3.8, 4) is 0 Å². The Kier molecular flexibility index (Phi) is 5.96. The molecule has 3 fully saturated rings. The van der Waals surface area contributed by atoms with E-state index >= 15 is 0 Å². The molecule has 0 spiro atoms. The lowest BCUT2D eigenvalue weighted by Crippen LogP contribution is -2.70. The summed E-state index contributed by atoms with van der Waals surface area (Å²) in [4.78, 5) is 43.6. The number of carbonyl (C=O) groups is 3. The second-order valence-corrected chi connectivity index (χ2v) is 8.51. The Balaban J connectivity index is 1.54. The summed E-state index contributed by atoms with van der Waals surface area (Å²) >= 11 is 1.41. The minimum absolute atomic E-state index is 0.0130. The van der Waals surface area contributed by atoms with Gasteiger partial charge in [-0.25, -0.2) is 0 Å². The average molecular weight is 391 g/mol. The van der Waals surface area contributed by atoms with Crippen LogP contribution in [-0.2, 0) is 16.1 Å². The first-order valence-electron chi connectivity index (χ1n) is 9.11. The van der Waals surface area contributed by atoms with Gasteiger partial charge in [-0.3, -0.25) is 14.4 Å². The van der Waals surface area contributed by atoms with Gasteiger partial charge in [-0.1, -0.05) is 6.08 Å². The van der Waals surface area contributed by atoms with Crippen LogP contribution in [0.5, 0.6) is 0 Å². The lowest BCUT2D eigenvalue weighted by Gasteiger charge is -2.55. The van der Waals surface area contributed by atoms with Gasteiger partial charge in [-0.05, 0) is 32.6 Å². The molecule has 27 heavy (non-hydrogen) atoms. The standard InChI is InChI=1S/C19H26N4O3S/c1-13(24)20-10-16-6-7-17(27-16)19(26)22-11-14-9-15(12-22)23(14)18(25)5-4-8-21(2)3/h4-7,14-15H,8-12H2,1-3H3,(H,20,24). The Morgan fingerprint density at radius 2 is 1.96 bits per heavy atom. The molecular formula is C19H26N4O3S. The van der Waals surface area contributed by atoms with Crippen molar-refractivity contribution in [2.45, 2.75) is 32.0 Å². The van der Waals surface area contributed by atoms with Crippen LogP contribution in [0.1, 0.15) is 27.9 Å². The van der Waals surface area contributed by atoms with Crippen molar-refractivity contribution in [1.82, 2.24) is 20.0 Å². The van der Waals surface area contributed by atoms with Crippen molar-refractivity contribution in [2.75, 3.05) is 33.7 Å². The zero-order valence-corrected chi connectivity index (χ0v) is 16.8. The highest BCUT2D eigenvalue weighted by Crippen LogP contribution is 2.33. The predicted molar refractivity (Wildman–Crippen MR) is 104 cm³/mol. The first-order valence-corrected chi connectivity index (χ1v) is 9.92. The third kappa shape index (κ3) is 4.56. The SMILES string of the molecule is CC(=O)NCc1ccc(C(=O)N2CC3CC(C2)N3C(=O)C=CCN(C)C)s1. The van der Waals surface area contributed by atoms with Crippen molar-refractivity contribution < 1.29 is 14.4 Å². The summed E-state index contributed by atoms with van der Waals surface area (Å²) in [6, 6.07) is 3.92. The fourth-order valence-corrected chi connectivity index (χ4v) is 4.46. The summed E-state index contributed by atoms with van der Waals surface area (Å²) in [5, 5.41) is 2.74. The number of hydrogen-bond acceptors (Lipinski definition) is 5. The summed E-state index contributed by atoms with van der Waals surface area (Å²) in [7, 11) is 3.92. The van der Waals surface area contributed by atoms with Gasteiger partial charge in [0, 0.05) is 37.5 Å². The quantitative estimate of drug-likeness (QED) is 0.734. The van der Waals surface area contributed by atoms with Gasteiger partial charge in [0.1, 0.15) is 0 Å². The van der Waals surface area contributed by atoms with Crippen molar-refractivity contribution in [1.29, 1.82) is 0 Å². The van der Waals surface area contributed by atoms with Crippen LogP contribution in [0.25, 0.3) is 0 Å². The lowest BCUT2D eigenvalue weighted by atomic mass is 9.87. The molecule has 2 atom stereocenters. The number of nitrogens with one attached hydrogen (secondary N) is 1. The number of rotatable bonds is 6. The van der Waals surface area contributed by atoms with Crippen LogP contribution in [0, 0.1) is 0 Å². The molecule has 8 heteroatoms. The maximum absolute atomic E-state index is 12.8. The fourth-order valence-electron chi connectivity index (χ4n) is 3.54. The normalized spacial score (nSPS) is 21.5. The molecule has 0 aliphatic carbocycles. The number of fused-ring (bicyclic) bond motifs is 2. The van der Waals surface area contributed by atoms with Crippen LogP contribution in [0.2, 0.25) is 0 Å². The van der Waals surface area contributed by atoms with Crippen molar-refractivity contribution in [3.63, 3.8) is 0 Å². The minimum atomic E-state index is -0.0863. The summed E-state index contributed by atoms with van der Waals surface area (Å²) in [6.07, 6.45) is 4.49. The van der Waals surface area contributed by atoms with E-state index in [2.05, 4.69) is 5.32 Å². The van der Waals surface area contributed by atoms with Crippen LogP contribution in [0.4, 0.5) is 0 Å². The Morgan fingerprint density at radius 1 is 1.26 bits per heavy atom. The van der Waals surface area contributed by atoms with Crippen LogP contribution in [0.15, 0.2) is 24.3 Å². The molecule has 1 N–H and O–H groups in total. The Morgan fingerprint density at radius 3 is 2.59 bits per heavy atom. The van der Waals surface area contributed by atoms with E-state index in [1.54, 1.807) is 6.08 Å². The number of likely N-dealkylation sites (N-methyl/N-ethyl adjacent to an activating group) is 1. The molecule has 4 heterocycles. The van der Waals surface area contributed by atoms with Crippen LogP contribution in [0.3, 0.4) is 0 Å². The molecule has 1 aromatic heterocycles. The molecule has 3 saturated heterocycles. The third-order valence-corrected chi connectivity index (χ3v) is 5.92. The maximum atomic E-state index is 12.8. The highest BCUT2D eigenvalue weighted by atomic mass is 32.1. The topological polar surface area (TPSA) is 73.0 Å². The van der Waals surface area contributed by atoms with Gasteiger partial charge in [0.25, 0.3) is 5.91 Å². The highest BCUT2D eigenvalue weighted by molar-refractivity contribution is 7.14. The van der Waals surface area contributed by atoms with Gasteiger partial charge in [-0.15, -0.1) is 11.3 Å². The molecule has 0 saturated carbocycles. The molecule has 2 bridgehead atoms. The number of amides is 3. The zero-order valence-electron chi connectivity index (χ0n) is 16.0. The number of thiophene rings is 1. The van der Waals surface area contributed by atoms with Crippen molar-refractivity contribution in [3.05, 3.63) is 34.0 Å². The summed E-state index contributed by atoms with van der Waals surface area (Å²) in [5.41, 5.74) is 0. The molecule has 4 rings (SSSR count). The Hall–Kier alpha value is -2.19. The van der Waals surface area contributed by atoms with Crippen molar-refractivity contribution >= 4 is 29.1 Å². The number of piperidine rings is 1. The van der Waals surface area contributed by atoms with Crippen LogP contribution >= 0.6 is 11.3 Å². The van der Waals surface area contributed by atoms with E-state index in [4.69, 9.17) is 0 Å². The number of piperazine rings is 1. The second-order valence-electron chi connectivity index (χ2n) is 7.34. The largest absolute Gasteiger partial charge is 0.351 e. The van der Waals surface area contributed by atoms with Crippen LogP contribution < -0.4 is 5.32 Å². The lowest BCUT2D eigenvalue weighted by molar-refractivity contribution is -0.146. The highest BCUT2D eigenvalue weighted by Gasteiger charge is 2.47. The van der Waals surface area contributed by atoms with Gasteiger partial charge in [0.15, 0.2) is 0 Å². The molecular weight excluding hydrogens is 364 g/mol. The van der Waals surface area contributed by atoms with E-state index in [1.165, 1.54) is 18.3 Å². The molecule has 3 aliphatic rings. The molecule has 2 unspecified atom stereocenters.